The zero-order chi connectivity index (χ0) is 21.0. The molecule has 0 spiro atoms. The highest BCUT2D eigenvalue weighted by molar-refractivity contribution is 6.30. The number of carbonyl (C=O) groups excluding carboxylic acids is 1. The number of carbonyl (C=O) groups is 1. The van der Waals surface area contributed by atoms with E-state index in [2.05, 4.69) is 9.97 Å². The molecule has 0 radical (unpaired) electrons. The third kappa shape index (κ3) is 3.11. The lowest BCUT2D eigenvalue weighted by Crippen LogP contribution is -2.34. The molecule has 0 N–H and O–H groups in total. The number of hydrogen-bond acceptors (Lipinski definition) is 3. The molecule has 4 nitrogen and oxygen atoms in total. The van der Waals surface area contributed by atoms with Gasteiger partial charge >= 0.3 is 12.1 Å². The SMILES string of the molecule is O=Cc1cn2c(ccc3c(-c4ccc(Cl)cc4)cc(C(F)(F)C(F)(F)F)nc32)n1. The molecular weight excluding hydrogens is 417 g/mol. The first-order valence-electron chi connectivity index (χ1n) is 8.11. The molecule has 10 heteroatoms. The second-order valence-corrected chi connectivity index (χ2v) is 6.65. The molecule has 0 aliphatic carbocycles. The van der Waals surface area contributed by atoms with Gasteiger partial charge < -0.3 is 0 Å². The molecule has 3 heterocycles. The summed E-state index contributed by atoms with van der Waals surface area (Å²) in [7, 11) is 0. The molecular formula is C19H9ClF5N3O. The predicted molar refractivity (Wildman–Crippen MR) is 96.3 cm³/mol. The van der Waals surface area contributed by atoms with E-state index in [9.17, 15) is 26.7 Å². The van der Waals surface area contributed by atoms with Gasteiger partial charge in [-0.3, -0.25) is 9.20 Å². The minimum absolute atomic E-state index is 0.0136. The topological polar surface area (TPSA) is 47.3 Å². The summed E-state index contributed by atoms with van der Waals surface area (Å²) in [4.78, 5) is 18.6. The molecule has 148 valence electrons. The number of fused-ring (bicyclic) bond motifs is 3. The van der Waals surface area contributed by atoms with E-state index in [1.54, 1.807) is 0 Å². The van der Waals surface area contributed by atoms with Crippen molar-refractivity contribution in [1.82, 2.24) is 14.4 Å². The lowest BCUT2D eigenvalue weighted by Gasteiger charge is -2.20. The molecule has 4 aromatic rings. The van der Waals surface area contributed by atoms with Crippen LogP contribution in [0.4, 0.5) is 22.0 Å². The fourth-order valence-corrected chi connectivity index (χ4v) is 3.11. The number of nitrogens with zero attached hydrogens (tertiary/aromatic N) is 3. The number of hydrogen-bond donors (Lipinski definition) is 0. The minimum Gasteiger partial charge on any atom is -0.296 e. The number of alkyl halides is 5. The Hall–Kier alpha value is -3.07. The molecule has 0 aliphatic rings. The lowest BCUT2D eigenvalue weighted by atomic mass is 10.00. The summed E-state index contributed by atoms with van der Waals surface area (Å²) in [5, 5.41) is 0.678. The molecule has 0 atom stereocenters. The van der Waals surface area contributed by atoms with Gasteiger partial charge in [-0.05, 0) is 41.5 Å². The van der Waals surface area contributed by atoms with Crippen molar-refractivity contribution in [1.29, 1.82) is 0 Å². The Morgan fingerprint density at radius 1 is 0.966 bits per heavy atom. The van der Waals surface area contributed by atoms with Crippen LogP contribution in [0.25, 0.3) is 27.8 Å². The maximum Gasteiger partial charge on any atom is 0.459 e. The zero-order valence-corrected chi connectivity index (χ0v) is 15.0. The number of aldehydes is 1. The smallest absolute Gasteiger partial charge is 0.296 e. The van der Waals surface area contributed by atoms with Gasteiger partial charge in [-0.15, -0.1) is 0 Å². The van der Waals surface area contributed by atoms with E-state index in [-0.39, 0.29) is 22.6 Å². The molecule has 4 rings (SSSR count). The summed E-state index contributed by atoms with van der Waals surface area (Å²) in [5.41, 5.74) is -1.00. The maximum absolute atomic E-state index is 14.1. The normalized spacial score (nSPS) is 12.6. The zero-order valence-electron chi connectivity index (χ0n) is 14.2. The standard InChI is InChI=1S/C19H9ClF5N3O/c20-11-3-1-10(2-4-11)14-7-15(18(21,22)19(23,24)25)27-17-13(14)5-6-16-26-12(9-29)8-28(16)17/h1-9H. The molecule has 1 aromatic carbocycles. The van der Waals surface area contributed by atoms with Crippen LogP contribution in [-0.2, 0) is 5.92 Å². The Morgan fingerprint density at radius 3 is 2.28 bits per heavy atom. The number of pyridine rings is 2. The van der Waals surface area contributed by atoms with E-state index in [0.29, 0.717) is 28.3 Å². The van der Waals surface area contributed by atoms with Gasteiger partial charge in [0.2, 0.25) is 0 Å². The fourth-order valence-electron chi connectivity index (χ4n) is 2.98. The molecule has 0 saturated carbocycles. The van der Waals surface area contributed by atoms with Crippen LogP contribution in [0.5, 0.6) is 0 Å². The number of benzene rings is 1. The van der Waals surface area contributed by atoms with Gasteiger partial charge in [0.1, 0.15) is 22.7 Å². The van der Waals surface area contributed by atoms with E-state index in [1.807, 2.05) is 0 Å². The summed E-state index contributed by atoms with van der Waals surface area (Å²) in [6, 6.07) is 9.71. The van der Waals surface area contributed by atoms with Crippen LogP contribution in [-0.4, -0.2) is 26.8 Å². The average molecular weight is 426 g/mol. The van der Waals surface area contributed by atoms with Crippen molar-refractivity contribution >= 4 is 34.6 Å². The minimum atomic E-state index is -5.83. The summed E-state index contributed by atoms with van der Waals surface area (Å²) < 4.78 is 68.5. The number of imidazole rings is 1. The first-order chi connectivity index (χ1) is 13.6. The van der Waals surface area contributed by atoms with E-state index < -0.39 is 17.8 Å². The molecule has 0 saturated heterocycles. The summed E-state index contributed by atoms with van der Waals surface area (Å²) in [6.45, 7) is 0. The third-order valence-electron chi connectivity index (χ3n) is 4.37. The predicted octanol–water partition coefficient (Wildman–Crippen LogP) is 5.67. The Balaban J connectivity index is 2.12. The van der Waals surface area contributed by atoms with Crippen LogP contribution in [0.3, 0.4) is 0 Å². The second kappa shape index (κ2) is 6.48. The van der Waals surface area contributed by atoms with Crippen molar-refractivity contribution in [2.45, 2.75) is 12.1 Å². The average Bonchev–Trinajstić information content (AvgIpc) is 3.11. The second-order valence-electron chi connectivity index (χ2n) is 6.22. The first-order valence-corrected chi connectivity index (χ1v) is 8.48. The largest absolute Gasteiger partial charge is 0.459 e. The fraction of sp³-hybridized carbons (Fsp3) is 0.105. The molecule has 0 bridgehead atoms. The van der Waals surface area contributed by atoms with E-state index in [1.165, 1.54) is 47.0 Å². The summed E-state index contributed by atoms with van der Waals surface area (Å²) in [6.07, 6.45) is -4.17. The van der Waals surface area contributed by atoms with Crippen molar-refractivity contribution < 1.29 is 26.7 Å². The highest BCUT2D eigenvalue weighted by Crippen LogP contribution is 2.45. The monoisotopic (exact) mass is 425 g/mol. The maximum atomic E-state index is 14.1. The van der Waals surface area contributed by atoms with Crippen molar-refractivity contribution in [3.05, 3.63) is 65.1 Å². The number of halogens is 6. The molecule has 0 unspecified atom stereocenters. The van der Waals surface area contributed by atoms with Crippen molar-refractivity contribution in [2.24, 2.45) is 0 Å². The van der Waals surface area contributed by atoms with Gasteiger partial charge in [-0.25, -0.2) is 9.97 Å². The van der Waals surface area contributed by atoms with Gasteiger partial charge in [-0.1, -0.05) is 23.7 Å². The van der Waals surface area contributed by atoms with Gasteiger partial charge in [0.05, 0.1) is 0 Å². The van der Waals surface area contributed by atoms with Crippen LogP contribution < -0.4 is 0 Å². The van der Waals surface area contributed by atoms with Crippen LogP contribution in [0, 0.1) is 0 Å². The molecule has 29 heavy (non-hydrogen) atoms. The third-order valence-corrected chi connectivity index (χ3v) is 4.62. The van der Waals surface area contributed by atoms with Gasteiger partial charge in [0, 0.05) is 16.6 Å². The van der Waals surface area contributed by atoms with Gasteiger partial charge in [-0.2, -0.15) is 22.0 Å². The summed E-state index contributed by atoms with van der Waals surface area (Å²) >= 11 is 5.85. The number of aromatic nitrogens is 3. The highest BCUT2D eigenvalue weighted by Gasteiger charge is 2.60. The first kappa shape index (κ1) is 19.3. The molecule has 0 aliphatic heterocycles. The van der Waals surface area contributed by atoms with Gasteiger partial charge in [0.25, 0.3) is 0 Å². The van der Waals surface area contributed by atoms with Crippen molar-refractivity contribution in [3.63, 3.8) is 0 Å². The van der Waals surface area contributed by atoms with Crippen molar-refractivity contribution in [2.75, 3.05) is 0 Å². The van der Waals surface area contributed by atoms with Crippen LogP contribution in [0.1, 0.15) is 16.2 Å². The Kier molecular flexibility index (Phi) is 4.30. The Bertz CT molecular complexity index is 1250. The van der Waals surface area contributed by atoms with Crippen molar-refractivity contribution in [3.8, 4) is 11.1 Å². The van der Waals surface area contributed by atoms with Gasteiger partial charge in [0.15, 0.2) is 6.29 Å². The van der Waals surface area contributed by atoms with Crippen LogP contribution in [0.2, 0.25) is 5.02 Å². The molecule has 0 amide bonds. The van der Waals surface area contributed by atoms with Crippen LogP contribution >= 0.6 is 11.6 Å². The lowest BCUT2D eigenvalue weighted by molar-refractivity contribution is -0.290. The number of rotatable bonds is 3. The molecule has 3 aromatic heterocycles. The highest BCUT2D eigenvalue weighted by atomic mass is 35.5. The summed E-state index contributed by atoms with van der Waals surface area (Å²) in [5.74, 6) is -5.18. The van der Waals surface area contributed by atoms with E-state index in [4.69, 9.17) is 11.6 Å². The molecule has 0 fully saturated rings. The Morgan fingerprint density at radius 2 is 1.66 bits per heavy atom. The quantitative estimate of drug-likeness (QED) is 0.314. The van der Waals surface area contributed by atoms with Crippen LogP contribution in [0.15, 0.2) is 48.7 Å². The van der Waals surface area contributed by atoms with E-state index >= 15 is 0 Å². The van der Waals surface area contributed by atoms with E-state index in [0.717, 1.165) is 0 Å². The Labute approximate surface area is 164 Å².